The number of unbranched alkanes of at least 4 members (excludes halogenated alkanes) is 2. The van der Waals surface area contributed by atoms with E-state index in [-0.39, 0.29) is 108 Å². The van der Waals surface area contributed by atoms with Crippen LogP contribution < -0.4 is 76.5 Å². The lowest BCUT2D eigenvalue weighted by atomic mass is 9.90. The Morgan fingerprint density at radius 1 is 0.500 bits per heavy atom. The fourth-order valence-electron chi connectivity index (χ4n) is 9.62. The van der Waals surface area contributed by atoms with Gasteiger partial charge in [-0.3, -0.25) is 72.3 Å². The molecule has 2 aromatic carbocycles. The highest BCUT2D eigenvalue weighted by Crippen LogP contribution is 2.21. The standard InChI is InChI=1S/C31H46N8O9S.C28H42N8O8.CH4/c32-31(33)35-12-3-5-21-29(47)36-17-26(43)37-23(16-27(44)45)24(41)15-19(14-18-6-8-20(40)9-7-18)28(46)38-22(30(48)39-21)4-1-2-11-34-25(42)10-13-49;29-10-2-1-4-20-27(44)36-19(5-3-11-32-28(30)31)26(43)33-15-23(39)34-21(14-24(40)41)22(38)13-17(25(42)35-20)12-16-6-8-18(37)9-7-16;/h6-9,19,21-23,40,49H,1-5,10-17H2,(H,34,42)(H,36,47)(H,37,43)(H,38,46)(H,39,48)(H,44,45)(H4,32,33,35);6-9,17,19-21,37H,1-5,10-15,29H2,(H,33,43)(H,34,39)(H,35,42)(H,36,44)(H,40,41)(H4,30,31,32);1H4/t19-,21-,22-,23-;17-,19-,20-,21-;/m00./s1. The van der Waals surface area contributed by atoms with Crippen molar-refractivity contribution in [3.05, 3.63) is 59.7 Å². The summed E-state index contributed by atoms with van der Waals surface area (Å²) in [6, 6.07) is 4.29. The second kappa shape index (κ2) is 43.3. The first kappa shape index (κ1) is 80.5. The summed E-state index contributed by atoms with van der Waals surface area (Å²) in [5, 5.41) is 61.1. The van der Waals surface area contributed by atoms with Crippen LogP contribution in [0.3, 0.4) is 0 Å². The lowest BCUT2D eigenvalue weighted by Crippen LogP contribution is -2.55. The van der Waals surface area contributed by atoms with Crippen LogP contribution in [0, 0.1) is 11.8 Å². The highest BCUT2D eigenvalue weighted by Gasteiger charge is 2.36. The molecule has 9 amide bonds. The number of nitrogens with zero attached hydrogens (tertiary/aromatic N) is 2. The number of rotatable bonds is 27. The summed E-state index contributed by atoms with van der Waals surface area (Å²) in [4.78, 5) is 176. The van der Waals surface area contributed by atoms with E-state index in [1.54, 1.807) is 24.3 Å². The molecule has 8 atom stereocenters. The Hall–Kier alpha value is -9.60. The van der Waals surface area contributed by atoms with Crippen LogP contribution >= 0.6 is 12.6 Å². The first-order valence-electron chi connectivity index (χ1n) is 30.3. The van der Waals surface area contributed by atoms with Crippen molar-refractivity contribution in [2.75, 3.05) is 45.0 Å². The number of carboxylic acids is 2. The van der Waals surface area contributed by atoms with Gasteiger partial charge >= 0.3 is 11.9 Å². The molecule has 0 unspecified atom stereocenters. The first-order chi connectivity index (χ1) is 44.2. The van der Waals surface area contributed by atoms with E-state index in [0.29, 0.717) is 55.7 Å². The van der Waals surface area contributed by atoms with Gasteiger partial charge in [-0.15, -0.1) is 0 Å². The number of carbonyl (C=O) groups excluding carboxylic acids is 11. The maximum absolute atomic E-state index is 13.8. The predicted molar refractivity (Wildman–Crippen MR) is 347 cm³/mol. The molecule has 2 aromatic rings. The van der Waals surface area contributed by atoms with Crippen molar-refractivity contribution >= 4 is 101 Å². The average molecular weight is 1340 g/mol. The number of guanidine groups is 2. The smallest absolute Gasteiger partial charge is 0.305 e. The van der Waals surface area contributed by atoms with Gasteiger partial charge in [0.25, 0.3) is 0 Å². The molecule has 0 bridgehead atoms. The Kier molecular flexibility index (Phi) is 37.1. The van der Waals surface area contributed by atoms with Gasteiger partial charge in [0.05, 0.1) is 38.0 Å². The monoisotopic (exact) mass is 1340 g/mol. The molecule has 2 heterocycles. The van der Waals surface area contributed by atoms with Gasteiger partial charge in [-0.05, 0) is 125 Å². The molecule has 0 spiro atoms. The molecule has 0 aliphatic carbocycles. The maximum Gasteiger partial charge on any atom is 0.305 e. The minimum absolute atomic E-state index is 0. The zero-order chi connectivity index (χ0) is 69.0. The van der Waals surface area contributed by atoms with E-state index in [1.807, 2.05) is 0 Å². The minimum Gasteiger partial charge on any atom is -0.508 e. The van der Waals surface area contributed by atoms with Crippen LogP contribution in [-0.2, 0) is 75.2 Å². The fourth-order valence-corrected chi connectivity index (χ4v) is 9.82. The molecule has 0 aromatic heterocycles. The second-order valence-electron chi connectivity index (χ2n) is 22.1. The number of hydrogen-bond donors (Lipinski definition) is 19. The summed E-state index contributed by atoms with van der Waals surface area (Å²) in [6.07, 6.45) is 0.592. The number of ketones is 2. The molecular formula is C60H92N16O17S. The van der Waals surface area contributed by atoms with Gasteiger partial charge in [0, 0.05) is 50.7 Å². The number of benzene rings is 2. The Balaban J connectivity index is 0.000000637. The lowest BCUT2D eigenvalue weighted by Gasteiger charge is -2.25. The van der Waals surface area contributed by atoms with Crippen LogP contribution in [0.25, 0.3) is 0 Å². The molecule has 0 saturated carbocycles. The Morgan fingerprint density at radius 2 is 0.862 bits per heavy atom. The van der Waals surface area contributed by atoms with Gasteiger partial charge in [0.1, 0.15) is 35.7 Å². The normalized spacial score (nSPS) is 21.1. The van der Waals surface area contributed by atoms with E-state index in [1.165, 1.54) is 24.3 Å². The number of carboxylic acid groups (broad SMARTS) is 2. The van der Waals surface area contributed by atoms with Crippen molar-refractivity contribution in [2.45, 2.75) is 153 Å². The van der Waals surface area contributed by atoms with Gasteiger partial charge in [-0.1, -0.05) is 31.7 Å². The first-order valence-corrected chi connectivity index (χ1v) is 30.9. The molecule has 2 aliphatic rings. The van der Waals surface area contributed by atoms with Crippen LogP contribution in [0.15, 0.2) is 58.5 Å². The largest absolute Gasteiger partial charge is 0.508 e. The summed E-state index contributed by atoms with van der Waals surface area (Å²) < 4.78 is 0. The summed E-state index contributed by atoms with van der Waals surface area (Å²) in [7, 11) is 0. The Bertz CT molecular complexity index is 2950. The number of nitrogens with two attached hydrogens (primary N) is 5. The zero-order valence-corrected chi connectivity index (χ0v) is 52.4. The number of thiol groups is 1. The second-order valence-corrected chi connectivity index (χ2v) is 22.5. The molecule has 0 radical (unpaired) electrons. The van der Waals surface area contributed by atoms with Crippen molar-refractivity contribution in [3.63, 3.8) is 0 Å². The van der Waals surface area contributed by atoms with E-state index < -0.39 is 158 Å². The van der Waals surface area contributed by atoms with E-state index in [0.717, 1.165) is 0 Å². The number of aromatic hydroxyl groups is 2. The molecule has 2 fully saturated rings. The van der Waals surface area contributed by atoms with Gasteiger partial charge in [-0.25, -0.2) is 0 Å². The summed E-state index contributed by atoms with van der Waals surface area (Å²) >= 11 is 4.03. The van der Waals surface area contributed by atoms with Gasteiger partial charge in [-0.2, -0.15) is 12.6 Å². The van der Waals surface area contributed by atoms with Crippen LogP contribution in [-0.4, -0.2) is 190 Å². The highest BCUT2D eigenvalue weighted by molar-refractivity contribution is 7.80. The summed E-state index contributed by atoms with van der Waals surface area (Å²) in [6.45, 7) is -0.261. The summed E-state index contributed by atoms with van der Waals surface area (Å²) in [5.74, 6) is -12.4. The van der Waals surface area contributed by atoms with E-state index in [4.69, 9.17) is 28.7 Å². The van der Waals surface area contributed by atoms with E-state index in [2.05, 4.69) is 70.5 Å². The molecule has 520 valence electrons. The van der Waals surface area contributed by atoms with Crippen molar-refractivity contribution in [3.8, 4) is 11.5 Å². The zero-order valence-electron chi connectivity index (χ0n) is 51.5. The van der Waals surface area contributed by atoms with Crippen LogP contribution in [0.5, 0.6) is 11.5 Å². The molecule has 4 rings (SSSR count). The number of amides is 9. The van der Waals surface area contributed by atoms with Crippen LogP contribution in [0.4, 0.5) is 0 Å². The fraction of sp³-hybridized carbons (Fsp3) is 0.550. The maximum atomic E-state index is 13.8. The third-order valence-corrected chi connectivity index (χ3v) is 14.7. The molecule has 2 saturated heterocycles. The SMILES string of the molecule is C.NC(N)=NCCC[C@@H]1NC(=O)[C@H](CCCCNC(=O)CCS)NC(=O)[C@@H](Cc2ccc(O)cc2)CC(=O)[C@H](CC(=O)O)NC(=O)CNC1=O.NCCCC[C@@H]1NC(=O)[C@@H](Cc2ccc(O)cc2)CC(=O)[C@H](CC(=O)O)NC(=O)CNC(=O)[C@H](CCCN=C(N)N)NC1=O. The molecule has 33 nitrogen and oxygen atoms in total. The predicted octanol–water partition coefficient (Wildman–Crippen LogP) is -3.38. The number of carbonyl (C=O) groups is 13. The molecular weight excluding hydrogens is 1250 g/mol. The van der Waals surface area contributed by atoms with Crippen molar-refractivity contribution in [1.82, 2.24) is 47.9 Å². The average Bonchev–Trinajstić information content (AvgIpc) is 1.55. The quantitative estimate of drug-likeness (QED) is 0.0180. The van der Waals surface area contributed by atoms with Crippen LogP contribution in [0.1, 0.15) is 115 Å². The molecule has 34 heteroatoms. The number of phenolic OH excluding ortho intramolecular Hbond substituents is 2. The summed E-state index contributed by atoms with van der Waals surface area (Å²) in [5.41, 5.74) is 28.2. The van der Waals surface area contributed by atoms with Crippen molar-refractivity contribution in [1.29, 1.82) is 0 Å². The lowest BCUT2D eigenvalue weighted by molar-refractivity contribution is -0.141. The molecule has 94 heavy (non-hydrogen) atoms. The van der Waals surface area contributed by atoms with Gasteiger partial charge in [0.2, 0.25) is 53.2 Å². The number of aliphatic carboxylic acids is 2. The molecule has 2 aliphatic heterocycles. The third-order valence-electron chi connectivity index (χ3n) is 14.5. The van der Waals surface area contributed by atoms with Crippen LogP contribution in [0.2, 0.25) is 0 Å². The Morgan fingerprint density at radius 3 is 1.22 bits per heavy atom. The van der Waals surface area contributed by atoms with Crippen molar-refractivity contribution in [2.24, 2.45) is 50.5 Å². The number of nitrogens with one attached hydrogen (secondary N) is 9. The highest BCUT2D eigenvalue weighted by atomic mass is 32.1. The van der Waals surface area contributed by atoms with Gasteiger partial charge in [0.15, 0.2) is 23.5 Å². The van der Waals surface area contributed by atoms with E-state index in [9.17, 15) is 82.8 Å². The van der Waals surface area contributed by atoms with E-state index >= 15 is 0 Å². The number of phenols is 2. The Labute approximate surface area is 549 Å². The third kappa shape index (κ3) is 32.1. The molecule has 23 N–H and O–H groups in total. The number of aliphatic imine (C=N–C) groups is 2. The minimum atomic E-state index is -1.51. The topological polar surface area (TPSA) is 566 Å². The number of Topliss-reactive ketones (excluding diaryl/α,β-unsaturated/α-hetero) is 2. The van der Waals surface area contributed by atoms with Crippen molar-refractivity contribution < 1.29 is 82.8 Å². The van der Waals surface area contributed by atoms with Gasteiger partial charge < -0.3 is 96.9 Å². The number of hydrogen-bond acceptors (Lipinski definition) is 19.